The monoisotopic (exact) mass is 288 g/mol. The number of carbonyl (C=O) groups excluding carboxylic acids is 1. The number of thiophene rings is 1. The molecule has 0 radical (unpaired) electrons. The van der Waals surface area contributed by atoms with Crippen molar-refractivity contribution in [3.05, 3.63) is 57.8 Å². The van der Waals surface area contributed by atoms with Gasteiger partial charge in [-0.1, -0.05) is 18.2 Å². The van der Waals surface area contributed by atoms with E-state index < -0.39 is 0 Å². The Labute approximate surface area is 124 Å². The lowest BCUT2D eigenvalue weighted by molar-refractivity contribution is 0.0941. The van der Waals surface area contributed by atoms with E-state index in [1.165, 1.54) is 5.56 Å². The molecule has 0 aliphatic rings. The average molecular weight is 288 g/mol. The molecule has 1 aromatic carbocycles. The second-order valence-corrected chi connectivity index (χ2v) is 5.84. The third-order valence-electron chi connectivity index (χ3n) is 3.40. The minimum atomic E-state index is -0.00909. The minimum Gasteiger partial charge on any atom is -0.350 e. The molecule has 4 heteroatoms. The van der Waals surface area contributed by atoms with Crippen molar-refractivity contribution in [2.45, 2.75) is 13.0 Å². The highest BCUT2D eigenvalue weighted by Crippen LogP contribution is 2.20. The van der Waals surface area contributed by atoms with Crippen LogP contribution in [-0.2, 0) is 0 Å². The summed E-state index contributed by atoms with van der Waals surface area (Å²) in [4.78, 5) is 14.4. The number of rotatable bonds is 5. The summed E-state index contributed by atoms with van der Waals surface area (Å²) in [6, 6.07) is 9.96. The topological polar surface area (TPSA) is 32.3 Å². The van der Waals surface area contributed by atoms with E-state index in [1.54, 1.807) is 11.3 Å². The molecule has 0 fully saturated rings. The number of carbonyl (C=O) groups is 1. The number of hydrogen-bond donors (Lipinski definition) is 1. The van der Waals surface area contributed by atoms with Crippen LogP contribution in [0.4, 0.5) is 0 Å². The molecule has 1 aromatic heterocycles. The molecule has 1 amide bonds. The average Bonchev–Trinajstić information content (AvgIpc) is 2.92. The van der Waals surface area contributed by atoms with Gasteiger partial charge in [-0.15, -0.1) is 0 Å². The number of hydrogen-bond acceptors (Lipinski definition) is 3. The zero-order chi connectivity index (χ0) is 14.5. The minimum absolute atomic E-state index is 0.00909. The molecule has 0 saturated heterocycles. The second kappa shape index (κ2) is 6.68. The quantitative estimate of drug-likeness (QED) is 0.917. The zero-order valence-corrected chi connectivity index (χ0v) is 12.9. The molecule has 1 atom stereocenters. The molecule has 0 aliphatic carbocycles. The van der Waals surface area contributed by atoms with Gasteiger partial charge in [-0.05, 0) is 55.0 Å². The maximum absolute atomic E-state index is 12.2. The Morgan fingerprint density at radius 1 is 1.30 bits per heavy atom. The van der Waals surface area contributed by atoms with Crippen LogP contribution in [0.2, 0.25) is 0 Å². The van der Waals surface area contributed by atoms with Gasteiger partial charge in [0, 0.05) is 12.1 Å². The summed E-state index contributed by atoms with van der Waals surface area (Å²) in [6.45, 7) is 2.56. The number of likely N-dealkylation sites (N-methyl/N-ethyl adjacent to an activating group) is 1. The Balaban J connectivity index is 2.03. The largest absolute Gasteiger partial charge is 0.350 e. The maximum atomic E-state index is 12.2. The van der Waals surface area contributed by atoms with Crippen molar-refractivity contribution in [2.75, 3.05) is 20.6 Å². The molecule has 0 spiro atoms. The number of benzene rings is 1. The lowest BCUT2D eigenvalue weighted by Crippen LogP contribution is -2.34. The van der Waals surface area contributed by atoms with E-state index in [4.69, 9.17) is 0 Å². The van der Waals surface area contributed by atoms with Crippen molar-refractivity contribution in [1.82, 2.24) is 10.2 Å². The summed E-state index contributed by atoms with van der Waals surface area (Å²) >= 11 is 1.68. The third kappa shape index (κ3) is 3.46. The van der Waals surface area contributed by atoms with Gasteiger partial charge >= 0.3 is 0 Å². The van der Waals surface area contributed by atoms with Crippen LogP contribution in [0.15, 0.2) is 41.1 Å². The molecule has 3 nitrogen and oxygen atoms in total. The van der Waals surface area contributed by atoms with Crippen LogP contribution in [0.1, 0.15) is 27.5 Å². The highest BCUT2D eigenvalue weighted by Gasteiger charge is 2.16. The Bertz CT molecular complexity index is 564. The highest BCUT2D eigenvalue weighted by atomic mass is 32.1. The van der Waals surface area contributed by atoms with E-state index in [-0.39, 0.29) is 11.9 Å². The maximum Gasteiger partial charge on any atom is 0.251 e. The van der Waals surface area contributed by atoms with Crippen LogP contribution in [0.25, 0.3) is 0 Å². The number of nitrogens with zero attached hydrogens (tertiary/aromatic N) is 1. The number of amides is 1. The molecule has 0 saturated carbocycles. The molecule has 1 heterocycles. The lowest BCUT2D eigenvalue weighted by Gasteiger charge is -2.24. The first-order valence-corrected chi connectivity index (χ1v) is 7.56. The third-order valence-corrected chi connectivity index (χ3v) is 4.10. The molecule has 0 unspecified atom stereocenters. The predicted molar refractivity (Wildman–Crippen MR) is 84.3 cm³/mol. The van der Waals surface area contributed by atoms with Crippen LogP contribution in [0.3, 0.4) is 0 Å². The normalized spacial score (nSPS) is 12.4. The van der Waals surface area contributed by atoms with Gasteiger partial charge in [0.1, 0.15) is 0 Å². The fraction of sp³-hybridized carbons (Fsp3) is 0.312. The molecule has 2 rings (SSSR count). The van der Waals surface area contributed by atoms with Crippen LogP contribution in [0.5, 0.6) is 0 Å². The SMILES string of the molecule is Cc1ccccc1C(=O)NC[C@H](c1ccsc1)N(C)C. The molecular formula is C16H20N2OS. The summed E-state index contributed by atoms with van der Waals surface area (Å²) in [6.07, 6.45) is 0. The zero-order valence-electron chi connectivity index (χ0n) is 12.1. The predicted octanol–water partition coefficient (Wildman–Crippen LogP) is 3.09. The van der Waals surface area contributed by atoms with Gasteiger partial charge in [0.15, 0.2) is 0 Å². The van der Waals surface area contributed by atoms with Crippen LogP contribution >= 0.6 is 11.3 Å². The summed E-state index contributed by atoms with van der Waals surface area (Å²) in [7, 11) is 4.06. The first kappa shape index (κ1) is 14.8. The summed E-state index contributed by atoms with van der Waals surface area (Å²) in [5, 5.41) is 7.23. The molecule has 0 bridgehead atoms. The van der Waals surface area contributed by atoms with E-state index >= 15 is 0 Å². The highest BCUT2D eigenvalue weighted by molar-refractivity contribution is 7.07. The van der Waals surface area contributed by atoms with Gasteiger partial charge in [0.25, 0.3) is 5.91 Å². The van der Waals surface area contributed by atoms with Crippen molar-refractivity contribution in [2.24, 2.45) is 0 Å². The Hall–Kier alpha value is -1.65. The molecule has 106 valence electrons. The van der Waals surface area contributed by atoms with Crippen molar-refractivity contribution in [1.29, 1.82) is 0 Å². The first-order valence-electron chi connectivity index (χ1n) is 6.62. The van der Waals surface area contributed by atoms with Crippen LogP contribution < -0.4 is 5.32 Å². The van der Waals surface area contributed by atoms with Gasteiger partial charge in [-0.2, -0.15) is 11.3 Å². The molecule has 1 N–H and O–H groups in total. The van der Waals surface area contributed by atoms with Gasteiger partial charge in [0.2, 0.25) is 0 Å². The van der Waals surface area contributed by atoms with Gasteiger partial charge in [0.05, 0.1) is 6.04 Å². The Kier molecular flexibility index (Phi) is 4.93. The lowest BCUT2D eigenvalue weighted by atomic mass is 10.1. The number of aryl methyl sites for hydroxylation is 1. The Morgan fingerprint density at radius 2 is 2.05 bits per heavy atom. The standard InChI is InChI=1S/C16H20N2OS/c1-12-6-4-5-7-14(12)16(19)17-10-15(18(2)3)13-8-9-20-11-13/h4-9,11,15H,10H2,1-3H3,(H,17,19)/t15-/m1/s1. The molecular weight excluding hydrogens is 268 g/mol. The first-order chi connectivity index (χ1) is 9.59. The Morgan fingerprint density at radius 3 is 2.65 bits per heavy atom. The van der Waals surface area contributed by atoms with Crippen LogP contribution in [0, 0.1) is 6.92 Å². The fourth-order valence-electron chi connectivity index (χ4n) is 2.18. The van der Waals surface area contributed by atoms with E-state index in [9.17, 15) is 4.79 Å². The summed E-state index contributed by atoms with van der Waals surface area (Å²) in [5.74, 6) is -0.00909. The van der Waals surface area contributed by atoms with E-state index in [0.29, 0.717) is 6.54 Å². The van der Waals surface area contributed by atoms with Crippen LogP contribution in [-0.4, -0.2) is 31.4 Å². The van der Waals surface area contributed by atoms with Crippen molar-refractivity contribution >= 4 is 17.2 Å². The van der Waals surface area contributed by atoms with Gasteiger partial charge in [-0.25, -0.2) is 0 Å². The van der Waals surface area contributed by atoms with Crippen molar-refractivity contribution in [3.63, 3.8) is 0 Å². The summed E-state index contributed by atoms with van der Waals surface area (Å²) in [5.41, 5.74) is 2.99. The second-order valence-electron chi connectivity index (χ2n) is 5.06. The molecule has 0 aliphatic heterocycles. The number of nitrogens with one attached hydrogen (secondary N) is 1. The van der Waals surface area contributed by atoms with Crippen molar-refractivity contribution in [3.8, 4) is 0 Å². The van der Waals surface area contributed by atoms with Crippen molar-refractivity contribution < 1.29 is 4.79 Å². The van der Waals surface area contributed by atoms with E-state index in [2.05, 4.69) is 27.0 Å². The van der Waals surface area contributed by atoms with E-state index in [0.717, 1.165) is 11.1 Å². The molecule has 2 aromatic rings. The van der Waals surface area contributed by atoms with Gasteiger partial charge < -0.3 is 10.2 Å². The summed E-state index contributed by atoms with van der Waals surface area (Å²) < 4.78 is 0. The fourth-order valence-corrected chi connectivity index (χ4v) is 2.88. The smallest absolute Gasteiger partial charge is 0.251 e. The van der Waals surface area contributed by atoms with E-state index in [1.807, 2.05) is 45.3 Å². The molecule has 20 heavy (non-hydrogen) atoms. The van der Waals surface area contributed by atoms with Gasteiger partial charge in [-0.3, -0.25) is 4.79 Å².